The number of furan rings is 1. The van der Waals surface area contributed by atoms with Crippen molar-refractivity contribution in [3.8, 4) is 0 Å². The van der Waals surface area contributed by atoms with E-state index in [9.17, 15) is 0 Å². The van der Waals surface area contributed by atoms with Gasteiger partial charge in [0.2, 0.25) is 0 Å². The quantitative estimate of drug-likeness (QED) is 0.790. The molecule has 0 radical (unpaired) electrons. The van der Waals surface area contributed by atoms with Gasteiger partial charge in [-0.3, -0.25) is 4.98 Å². The number of hydrogen-bond donors (Lipinski definition) is 0. The van der Waals surface area contributed by atoms with Crippen LogP contribution >= 0.6 is 15.9 Å². The van der Waals surface area contributed by atoms with Gasteiger partial charge >= 0.3 is 0 Å². The lowest BCUT2D eigenvalue weighted by atomic mass is 10.1. The maximum atomic E-state index is 5.55. The molecule has 2 heterocycles. The number of rotatable bonds is 3. The number of aromatic nitrogens is 1. The highest BCUT2D eigenvalue weighted by Crippen LogP contribution is 2.31. The molecular formula is C14H16BrNO. The third-order valence-electron chi connectivity index (χ3n) is 2.91. The summed E-state index contributed by atoms with van der Waals surface area (Å²) in [4.78, 5) is 4.68. The molecule has 2 rings (SSSR count). The minimum absolute atomic E-state index is 0.258. The highest BCUT2D eigenvalue weighted by molar-refractivity contribution is 9.09. The van der Waals surface area contributed by atoms with Crippen molar-refractivity contribution in [3.05, 3.63) is 52.7 Å². The van der Waals surface area contributed by atoms with Crippen LogP contribution in [-0.2, 0) is 6.42 Å². The summed E-state index contributed by atoms with van der Waals surface area (Å²) in [6.45, 7) is 6.07. The van der Waals surface area contributed by atoms with Crippen molar-refractivity contribution in [3.63, 3.8) is 0 Å². The molecule has 0 N–H and O–H groups in total. The lowest BCUT2D eigenvalue weighted by Crippen LogP contribution is -2.00. The largest absolute Gasteiger partial charge is 0.466 e. The van der Waals surface area contributed by atoms with Gasteiger partial charge in [-0.2, -0.15) is 0 Å². The first-order valence-electron chi connectivity index (χ1n) is 5.69. The molecule has 90 valence electrons. The second kappa shape index (κ2) is 5.05. The third-order valence-corrected chi connectivity index (χ3v) is 3.72. The number of halogens is 1. The van der Waals surface area contributed by atoms with Gasteiger partial charge in [-0.1, -0.05) is 22.0 Å². The van der Waals surface area contributed by atoms with Gasteiger partial charge in [0.25, 0.3) is 0 Å². The minimum Gasteiger partial charge on any atom is -0.466 e. The van der Waals surface area contributed by atoms with Crippen LogP contribution in [0.5, 0.6) is 0 Å². The summed E-state index contributed by atoms with van der Waals surface area (Å²) in [5, 5.41) is 0. The third kappa shape index (κ3) is 2.78. The highest BCUT2D eigenvalue weighted by Gasteiger charge is 2.16. The number of alkyl halides is 1. The first kappa shape index (κ1) is 12.4. The molecule has 17 heavy (non-hydrogen) atoms. The molecule has 1 atom stereocenters. The zero-order valence-corrected chi connectivity index (χ0v) is 11.9. The first-order valence-corrected chi connectivity index (χ1v) is 6.61. The van der Waals surface area contributed by atoms with Gasteiger partial charge in [-0.25, -0.2) is 0 Å². The summed E-state index contributed by atoms with van der Waals surface area (Å²) in [5.74, 6) is 1.94. The molecule has 0 bridgehead atoms. The van der Waals surface area contributed by atoms with Crippen LogP contribution in [0.15, 0.2) is 28.8 Å². The summed E-state index contributed by atoms with van der Waals surface area (Å²) in [6, 6.07) is 6.15. The Hall–Kier alpha value is -1.09. The predicted molar refractivity (Wildman–Crippen MR) is 72.5 cm³/mol. The van der Waals surface area contributed by atoms with Crippen LogP contribution in [0.4, 0.5) is 0 Å². The van der Waals surface area contributed by atoms with Gasteiger partial charge in [0.1, 0.15) is 11.5 Å². The van der Waals surface area contributed by atoms with Gasteiger partial charge < -0.3 is 4.42 Å². The maximum Gasteiger partial charge on any atom is 0.105 e. The van der Waals surface area contributed by atoms with E-state index in [4.69, 9.17) is 4.42 Å². The maximum absolute atomic E-state index is 5.55. The average molecular weight is 294 g/mol. The van der Waals surface area contributed by atoms with Crippen molar-refractivity contribution in [2.24, 2.45) is 0 Å². The second-order valence-corrected chi connectivity index (χ2v) is 5.41. The second-order valence-electron chi connectivity index (χ2n) is 4.31. The molecule has 0 saturated carbocycles. The van der Waals surface area contributed by atoms with Crippen molar-refractivity contribution < 1.29 is 4.42 Å². The smallest absolute Gasteiger partial charge is 0.105 e. The van der Waals surface area contributed by atoms with E-state index in [-0.39, 0.29) is 4.83 Å². The molecule has 0 saturated heterocycles. The molecule has 0 aliphatic heterocycles. The van der Waals surface area contributed by atoms with E-state index in [1.807, 2.05) is 26.1 Å². The molecule has 0 spiro atoms. The summed E-state index contributed by atoms with van der Waals surface area (Å²) in [7, 11) is 0. The molecule has 2 aromatic rings. The van der Waals surface area contributed by atoms with E-state index < -0.39 is 0 Å². The summed E-state index contributed by atoms with van der Waals surface area (Å²) in [5.41, 5.74) is 3.58. The first-order chi connectivity index (χ1) is 8.08. The summed E-state index contributed by atoms with van der Waals surface area (Å²) in [6.07, 6.45) is 2.72. The average Bonchev–Trinajstić information content (AvgIpc) is 2.61. The Morgan fingerprint density at radius 3 is 2.71 bits per heavy atom. The zero-order valence-electron chi connectivity index (χ0n) is 10.3. The molecule has 0 amide bonds. The van der Waals surface area contributed by atoms with Gasteiger partial charge in [-0.05, 0) is 38.5 Å². The van der Waals surface area contributed by atoms with Crippen molar-refractivity contribution in [1.82, 2.24) is 4.98 Å². The van der Waals surface area contributed by atoms with Gasteiger partial charge in [0.15, 0.2) is 0 Å². The number of hydrogen-bond acceptors (Lipinski definition) is 2. The van der Waals surface area contributed by atoms with Crippen molar-refractivity contribution in [1.29, 1.82) is 0 Å². The molecular weight excluding hydrogens is 278 g/mol. The van der Waals surface area contributed by atoms with Crippen LogP contribution in [0.2, 0.25) is 0 Å². The number of nitrogens with zero attached hydrogens (tertiary/aromatic N) is 1. The Labute approximate surface area is 110 Å². The van der Waals surface area contributed by atoms with Gasteiger partial charge in [0, 0.05) is 28.7 Å². The van der Waals surface area contributed by atoms with E-state index >= 15 is 0 Å². The fraction of sp³-hybridized carbons (Fsp3) is 0.357. The normalized spacial score (nSPS) is 12.7. The Morgan fingerprint density at radius 2 is 2.12 bits per heavy atom. The van der Waals surface area contributed by atoms with E-state index in [2.05, 4.69) is 40.0 Å². The molecule has 3 heteroatoms. The van der Waals surface area contributed by atoms with Gasteiger partial charge in [-0.15, -0.1) is 0 Å². The standard InChI is InChI=1S/C14H16BrNO/c1-9-5-4-6-16-14(9)8-13(15)12-7-10(2)17-11(12)3/h4-7,13H,8H2,1-3H3. The van der Waals surface area contributed by atoms with Crippen LogP contribution in [-0.4, -0.2) is 4.98 Å². The van der Waals surface area contributed by atoms with Crippen LogP contribution in [0.3, 0.4) is 0 Å². The van der Waals surface area contributed by atoms with Gasteiger partial charge in [0.05, 0.1) is 0 Å². The molecule has 2 nitrogen and oxygen atoms in total. The van der Waals surface area contributed by atoms with Crippen LogP contribution < -0.4 is 0 Å². The van der Waals surface area contributed by atoms with Crippen molar-refractivity contribution in [2.45, 2.75) is 32.0 Å². The predicted octanol–water partition coefficient (Wildman–Crippen LogP) is 4.28. The SMILES string of the molecule is Cc1cc(C(Br)Cc2ncccc2C)c(C)o1. The van der Waals surface area contributed by atoms with E-state index in [0.717, 1.165) is 23.6 Å². The molecule has 2 aromatic heterocycles. The fourth-order valence-corrected chi connectivity index (χ4v) is 2.73. The Bertz CT molecular complexity index is 519. The highest BCUT2D eigenvalue weighted by atomic mass is 79.9. The fourth-order valence-electron chi connectivity index (χ4n) is 1.97. The Kier molecular flexibility index (Phi) is 3.67. The molecule has 1 unspecified atom stereocenters. The van der Waals surface area contributed by atoms with Crippen molar-refractivity contribution >= 4 is 15.9 Å². The molecule has 0 aliphatic rings. The monoisotopic (exact) mass is 293 g/mol. The summed E-state index contributed by atoms with van der Waals surface area (Å²) >= 11 is 3.72. The van der Waals surface area contributed by atoms with E-state index in [1.54, 1.807) is 0 Å². The van der Waals surface area contributed by atoms with Crippen molar-refractivity contribution in [2.75, 3.05) is 0 Å². The molecule has 0 aromatic carbocycles. The summed E-state index contributed by atoms with van der Waals surface area (Å²) < 4.78 is 5.55. The Morgan fingerprint density at radius 1 is 1.35 bits per heavy atom. The zero-order chi connectivity index (χ0) is 12.4. The number of aryl methyl sites for hydroxylation is 3. The van der Waals surface area contributed by atoms with E-state index in [1.165, 1.54) is 11.1 Å². The topological polar surface area (TPSA) is 26.0 Å². The molecule has 0 aliphatic carbocycles. The lowest BCUT2D eigenvalue weighted by Gasteiger charge is -2.10. The lowest BCUT2D eigenvalue weighted by molar-refractivity contribution is 0.501. The van der Waals surface area contributed by atoms with Crippen LogP contribution in [0.25, 0.3) is 0 Å². The van der Waals surface area contributed by atoms with Crippen LogP contribution in [0, 0.1) is 20.8 Å². The van der Waals surface area contributed by atoms with Crippen LogP contribution in [0.1, 0.15) is 33.2 Å². The molecule has 0 fully saturated rings. The number of pyridine rings is 1. The minimum atomic E-state index is 0.258. The van der Waals surface area contributed by atoms with E-state index in [0.29, 0.717) is 0 Å². The Balaban J connectivity index is 2.20.